The topological polar surface area (TPSA) is 46.2 Å². The molecule has 0 amide bonds. The summed E-state index contributed by atoms with van der Waals surface area (Å²) >= 11 is 5.47. The van der Waals surface area contributed by atoms with Crippen LogP contribution in [0.3, 0.4) is 0 Å². The monoisotopic (exact) mass is 213 g/mol. The molecule has 0 aromatic carbocycles. The molecule has 0 aliphatic heterocycles. The van der Waals surface area contributed by atoms with Crippen molar-refractivity contribution in [3.05, 3.63) is 0 Å². The molecule has 5 heteroatoms. The molecule has 0 aliphatic carbocycles. The Bertz CT molecular complexity index is 201. The zero-order valence-electron chi connectivity index (χ0n) is 7.51. The lowest BCUT2D eigenvalue weighted by Crippen LogP contribution is -2.26. The van der Waals surface area contributed by atoms with Crippen LogP contribution in [0.5, 0.6) is 0 Å². The van der Waals surface area contributed by atoms with Crippen LogP contribution < -0.4 is 5.32 Å². The average molecular weight is 214 g/mol. The van der Waals surface area contributed by atoms with Gasteiger partial charge in [-0.1, -0.05) is 6.92 Å². The Morgan fingerprint density at radius 2 is 2.00 bits per heavy atom. The summed E-state index contributed by atoms with van der Waals surface area (Å²) in [4.78, 5) is 0. The third-order valence-corrected chi connectivity index (χ3v) is 4.06. The van der Waals surface area contributed by atoms with Crippen molar-refractivity contribution in [3.8, 4) is 0 Å². The molecule has 0 aliphatic rings. The van der Waals surface area contributed by atoms with Crippen molar-refractivity contribution >= 4 is 21.4 Å². The van der Waals surface area contributed by atoms with E-state index in [1.165, 1.54) is 6.92 Å². The highest BCUT2D eigenvalue weighted by atomic mass is 35.5. The lowest BCUT2D eigenvalue weighted by molar-refractivity contribution is 0.588. The second-order valence-corrected chi connectivity index (χ2v) is 6.01. The van der Waals surface area contributed by atoms with E-state index in [1.807, 2.05) is 6.92 Å². The molecule has 0 aromatic heterocycles. The number of hydrogen-bond acceptors (Lipinski definition) is 3. The molecular formula is C7H16ClNO2S. The lowest BCUT2D eigenvalue weighted by atomic mass is 10.5. The van der Waals surface area contributed by atoms with E-state index in [4.69, 9.17) is 11.6 Å². The summed E-state index contributed by atoms with van der Waals surface area (Å²) in [7, 11) is -3.08. The number of alkyl halides is 1. The molecule has 12 heavy (non-hydrogen) atoms. The third-order valence-electron chi connectivity index (χ3n) is 1.48. The quantitative estimate of drug-likeness (QED) is 0.529. The summed E-state index contributed by atoms with van der Waals surface area (Å²) in [5, 5.41) is 3.01. The molecule has 0 fully saturated rings. The van der Waals surface area contributed by atoms with Gasteiger partial charge in [-0.2, -0.15) is 0 Å². The zero-order chi connectivity index (χ0) is 9.61. The van der Waals surface area contributed by atoms with Crippen molar-refractivity contribution in [3.63, 3.8) is 0 Å². The largest absolute Gasteiger partial charge is 0.316 e. The molecule has 3 nitrogen and oxygen atoms in total. The maximum atomic E-state index is 11.1. The van der Waals surface area contributed by atoms with Crippen LogP contribution in [-0.4, -0.2) is 32.0 Å². The maximum Gasteiger partial charge on any atom is 0.168 e. The fourth-order valence-electron chi connectivity index (χ4n) is 0.679. The van der Waals surface area contributed by atoms with Gasteiger partial charge in [0.15, 0.2) is 9.84 Å². The molecule has 0 spiro atoms. The third kappa shape index (κ3) is 4.95. The fraction of sp³-hybridized carbons (Fsp3) is 1.00. The van der Waals surface area contributed by atoms with Crippen LogP contribution in [0.2, 0.25) is 0 Å². The van der Waals surface area contributed by atoms with Crippen molar-refractivity contribution in [1.29, 1.82) is 0 Å². The van der Waals surface area contributed by atoms with Gasteiger partial charge in [0.25, 0.3) is 0 Å². The van der Waals surface area contributed by atoms with Gasteiger partial charge < -0.3 is 5.32 Å². The summed E-state index contributed by atoms with van der Waals surface area (Å²) < 4.78 is 21.5. The van der Waals surface area contributed by atoms with Crippen molar-refractivity contribution < 1.29 is 8.42 Å². The van der Waals surface area contributed by atoms with E-state index in [0.717, 1.165) is 13.0 Å². The molecule has 1 N–H and O–H groups in total. The summed E-state index contributed by atoms with van der Waals surface area (Å²) in [6.07, 6.45) is 1.01. The first-order valence-electron chi connectivity index (χ1n) is 4.07. The van der Waals surface area contributed by atoms with Crippen LogP contribution >= 0.6 is 11.6 Å². The van der Waals surface area contributed by atoms with E-state index in [2.05, 4.69) is 5.32 Å². The van der Waals surface area contributed by atoms with Gasteiger partial charge >= 0.3 is 0 Å². The molecule has 0 rings (SSSR count). The molecule has 0 saturated carbocycles. The minimum absolute atomic E-state index is 0.123. The number of rotatable bonds is 6. The van der Waals surface area contributed by atoms with Gasteiger partial charge in [0.2, 0.25) is 0 Å². The average Bonchev–Trinajstić information content (AvgIpc) is 1.98. The van der Waals surface area contributed by atoms with Gasteiger partial charge in [-0.15, -0.1) is 11.6 Å². The van der Waals surface area contributed by atoms with Crippen molar-refractivity contribution in [2.45, 2.75) is 25.0 Å². The van der Waals surface area contributed by atoms with Gasteiger partial charge in [-0.3, -0.25) is 0 Å². The van der Waals surface area contributed by atoms with Crippen LogP contribution in [0.1, 0.15) is 20.3 Å². The summed E-state index contributed by atoms with van der Waals surface area (Å²) in [5.41, 5.74) is 0. The number of nitrogens with one attached hydrogen (secondary N) is 1. The molecule has 0 radical (unpaired) electrons. The van der Waals surface area contributed by atoms with E-state index < -0.39 is 14.5 Å². The maximum absolute atomic E-state index is 11.1. The Labute approximate surface area is 79.4 Å². The molecule has 74 valence electrons. The van der Waals surface area contributed by atoms with E-state index in [9.17, 15) is 8.42 Å². The minimum Gasteiger partial charge on any atom is -0.316 e. The van der Waals surface area contributed by atoms with E-state index in [-0.39, 0.29) is 5.75 Å². The van der Waals surface area contributed by atoms with Crippen LogP contribution in [0.15, 0.2) is 0 Å². The van der Waals surface area contributed by atoms with Crippen LogP contribution in [0, 0.1) is 0 Å². The van der Waals surface area contributed by atoms with E-state index >= 15 is 0 Å². The second kappa shape index (κ2) is 5.78. The Kier molecular flexibility index (Phi) is 5.88. The molecule has 0 bridgehead atoms. The van der Waals surface area contributed by atoms with Crippen LogP contribution in [-0.2, 0) is 9.84 Å². The first kappa shape index (κ1) is 12.2. The Hall–Kier alpha value is 0.200. The second-order valence-electron chi connectivity index (χ2n) is 2.66. The Balaban J connectivity index is 3.63. The summed E-state index contributed by atoms with van der Waals surface area (Å²) in [5.74, 6) is 0.123. The van der Waals surface area contributed by atoms with Gasteiger partial charge in [-0.25, -0.2) is 8.42 Å². The highest BCUT2D eigenvalue weighted by molar-refractivity contribution is 7.93. The highest BCUT2D eigenvalue weighted by Crippen LogP contribution is 2.04. The predicted molar refractivity (Wildman–Crippen MR) is 52.3 cm³/mol. The van der Waals surface area contributed by atoms with Gasteiger partial charge in [0.05, 0.1) is 5.75 Å². The van der Waals surface area contributed by atoms with E-state index in [1.54, 1.807) is 0 Å². The van der Waals surface area contributed by atoms with Gasteiger partial charge in [0.1, 0.15) is 4.71 Å². The Morgan fingerprint density at radius 3 is 2.42 bits per heavy atom. The van der Waals surface area contributed by atoms with E-state index in [0.29, 0.717) is 6.54 Å². The number of halogens is 1. The number of sulfone groups is 1. The number of hydrogen-bond donors (Lipinski definition) is 1. The minimum atomic E-state index is -3.08. The molecule has 1 atom stereocenters. The molecular weight excluding hydrogens is 198 g/mol. The van der Waals surface area contributed by atoms with Gasteiger partial charge in [0, 0.05) is 6.54 Å². The normalized spacial score (nSPS) is 14.6. The van der Waals surface area contributed by atoms with Crippen LogP contribution in [0.4, 0.5) is 0 Å². The van der Waals surface area contributed by atoms with Gasteiger partial charge in [-0.05, 0) is 19.9 Å². The first-order valence-corrected chi connectivity index (χ1v) is 6.22. The molecule has 1 unspecified atom stereocenters. The molecule has 0 saturated heterocycles. The lowest BCUT2D eigenvalue weighted by Gasteiger charge is -2.06. The smallest absolute Gasteiger partial charge is 0.168 e. The summed E-state index contributed by atoms with van der Waals surface area (Å²) in [6.45, 7) is 4.86. The summed E-state index contributed by atoms with van der Waals surface area (Å²) in [6, 6.07) is 0. The SMILES string of the molecule is CCCNCCS(=O)(=O)C(C)Cl. The zero-order valence-corrected chi connectivity index (χ0v) is 9.08. The van der Waals surface area contributed by atoms with Crippen molar-refractivity contribution in [2.24, 2.45) is 0 Å². The first-order chi connectivity index (χ1) is 5.50. The van der Waals surface area contributed by atoms with Crippen LogP contribution in [0.25, 0.3) is 0 Å². The standard InChI is InChI=1S/C7H16ClNO2S/c1-3-4-9-5-6-12(10,11)7(2)8/h7,9H,3-6H2,1-2H3. The van der Waals surface area contributed by atoms with Crippen molar-refractivity contribution in [2.75, 3.05) is 18.8 Å². The fourth-order valence-corrected chi connectivity index (χ4v) is 1.70. The molecule has 0 heterocycles. The molecule has 0 aromatic rings. The van der Waals surface area contributed by atoms with Crippen molar-refractivity contribution in [1.82, 2.24) is 5.32 Å². The highest BCUT2D eigenvalue weighted by Gasteiger charge is 2.16. The Morgan fingerprint density at radius 1 is 1.42 bits per heavy atom. The predicted octanol–water partition coefficient (Wildman–Crippen LogP) is 0.986.